The van der Waals surface area contributed by atoms with Crippen molar-refractivity contribution < 1.29 is 13.2 Å². The number of ether oxygens (including phenoxy) is 1. The summed E-state index contributed by atoms with van der Waals surface area (Å²) in [5, 5.41) is 3.33. The third-order valence-electron chi connectivity index (χ3n) is 5.43. The second-order valence-corrected chi connectivity index (χ2v) is 8.71. The van der Waals surface area contributed by atoms with E-state index in [0.717, 1.165) is 32.7 Å². The summed E-state index contributed by atoms with van der Waals surface area (Å²) in [5.41, 5.74) is -0.715. The summed E-state index contributed by atoms with van der Waals surface area (Å²) in [6, 6.07) is 8.73. The van der Waals surface area contributed by atoms with Crippen molar-refractivity contribution in [3.63, 3.8) is 0 Å². The van der Waals surface area contributed by atoms with Crippen molar-refractivity contribution in [3.05, 3.63) is 30.3 Å². The van der Waals surface area contributed by atoms with E-state index >= 15 is 0 Å². The van der Waals surface area contributed by atoms with Crippen LogP contribution in [0.4, 0.5) is 0 Å². The van der Waals surface area contributed by atoms with Crippen LogP contribution in [0, 0.1) is 17.8 Å². The highest BCUT2D eigenvalue weighted by atomic mass is 32.2. The van der Waals surface area contributed by atoms with E-state index in [1.165, 1.54) is 0 Å². The van der Waals surface area contributed by atoms with E-state index in [9.17, 15) is 8.42 Å². The Labute approximate surface area is 145 Å². The fourth-order valence-electron chi connectivity index (χ4n) is 3.86. The van der Waals surface area contributed by atoms with E-state index < -0.39 is 15.3 Å². The lowest BCUT2D eigenvalue weighted by atomic mass is 10.3. The third-order valence-corrected chi connectivity index (χ3v) is 7.43. The molecule has 6 heteroatoms. The molecular weight excluding hydrogens is 324 g/mol. The summed E-state index contributed by atoms with van der Waals surface area (Å²) in [6.45, 7) is 9.18. The van der Waals surface area contributed by atoms with Gasteiger partial charge in [0.1, 0.15) is 0 Å². The van der Waals surface area contributed by atoms with Crippen molar-refractivity contribution in [2.45, 2.75) is 24.2 Å². The zero-order chi connectivity index (χ0) is 17.2. The van der Waals surface area contributed by atoms with Crippen molar-refractivity contribution in [2.75, 3.05) is 39.3 Å². The van der Waals surface area contributed by atoms with Crippen LogP contribution in [-0.2, 0) is 14.6 Å². The number of nitrogens with one attached hydrogen (secondary N) is 1. The zero-order valence-corrected chi connectivity index (χ0v) is 15.3. The zero-order valence-electron chi connectivity index (χ0n) is 14.5. The molecule has 0 radical (unpaired) electrons. The van der Waals surface area contributed by atoms with Crippen molar-refractivity contribution in [3.8, 4) is 0 Å². The number of benzene rings is 1. The molecule has 5 nitrogen and oxygen atoms in total. The third kappa shape index (κ3) is 3.52. The van der Waals surface area contributed by atoms with Crippen molar-refractivity contribution >= 4 is 9.84 Å². The molecule has 1 N–H and O–H groups in total. The van der Waals surface area contributed by atoms with Gasteiger partial charge < -0.3 is 15.0 Å². The Hall–Kier alpha value is -0.950. The largest absolute Gasteiger partial charge is 0.360 e. The first-order valence-corrected chi connectivity index (χ1v) is 10.5. The predicted molar refractivity (Wildman–Crippen MR) is 94.5 cm³/mol. The maximum absolute atomic E-state index is 13.1. The molecule has 1 heterocycles. The normalized spacial score (nSPS) is 27.2. The molecule has 1 aliphatic carbocycles. The standard InChI is InChI=1S/C18H28N2O3S/c1-3-20(4-2)10-11-23-18(17-15-12-19-13-16(15)17)24(21,22)14-8-6-5-7-9-14/h5-9,15-19H,3-4,10-13H2,1-2H3. The minimum atomic E-state index is -3.46. The molecule has 24 heavy (non-hydrogen) atoms. The Morgan fingerprint density at radius 1 is 1.17 bits per heavy atom. The van der Waals surface area contributed by atoms with Gasteiger partial charge in [0.25, 0.3) is 0 Å². The molecule has 0 bridgehead atoms. The Kier molecular flexibility index (Phi) is 5.59. The van der Waals surface area contributed by atoms with E-state index in [1.807, 2.05) is 6.07 Å². The second-order valence-electron chi connectivity index (χ2n) is 6.69. The van der Waals surface area contributed by atoms with Gasteiger partial charge in [-0.2, -0.15) is 0 Å². The van der Waals surface area contributed by atoms with Gasteiger partial charge >= 0.3 is 0 Å². The minimum absolute atomic E-state index is 0.133. The summed E-state index contributed by atoms with van der Waals surface area (Å²) in [6.07, 6.45) is 0. The first-order chi connectivity index (χ1) is 11.6. The van der Waals surface area contributed by atoms with Crippen LogP contribution in [0.1, 0.15) is 13.8 Å². The van der Waals surface area contributed by atoms with Gasteiger partial charge in [-0.25, -0.2) is 8.42 Å². The number of hydrogen-bond acceptors (Lipinski definition) is 5. The Bertz CT molecular complexity index is 621. The molecule has 1 saturated heterocycles. The molecule has 0 amide bonds. The van der Waals surface area contributed by atoms with Crippen molar-refractivity contribution in [2.24, 2.45) is 17.8 Å². The number of rotatable bonds is 9. The van der Waals surface area contributed by atoms with Gasteiger partial charge in [-0.15, -0.1) is 0 Å². The average Bonchev–Trinajstić information content (AvgIpc) is 3.04. The van der Waals surface area contributed by atoms with Gasteiger partial charge in [-0.05, 0) is 50.1 Å². The maximum atomic E-state index is 13.1. The molecule has 1 aromatic carbocycles. The van der Waals surface area contributed by atoms with E-state index in [-0.39, 0.29) is 5.92 Å². The van der Waals surface area contributed by atoms with Crippen LogP contribution < -0.4 is 5.32 Å². The topological polar surface area (TPSA) is 58.6 Å². The molecular formula is C18H28N2O3S. The van der Waals surface area contributed by atoms with Gasteiger partial charge in [0.2, 0.25) is 9.84 Å². The molecule has 134 valence electrons. The Balaban J connectivity index is 1.73. The molecule has 1 aromatic rings. The maximum Gasteiger partial charge on any atom is 0.205 e. The molecule has 0 aromatic heterocycles. The predicted octanol–water partition coefficient (Wildman–Crippen LogP) is 1.61. The highest BCUT2D eigenvalue weighted by molar-refractivity contribution is 7.92. The Morgan fingerprint density at radius 2 is 1.79 bits per heavy atom. The first kappa shape index (κ1) is 17.9. The van der Waals surface area contributed by atoms with E-state index in [1.54, 1.807) is 24.3 Å². The fraction of sp³-hybridized carbons (Fsp3) is 0.667. The average molecular weight is 353 g/mol. The molecule has 0 spiro atoms. The molecule has 2 aliphatic rings. The van der Waals surface area contributed by atoms with Crippen LogP contribution in [0.5, 0.6) is 0 Å². The molecule has 2 fully saturated rings. The fourth-order valence-corrected chi connectivity index (χ4v) is 5.76. The number of likely N-dealkylation sites (N-methyl/N-ethyl adjacent to an activating group) is 1. The number of nitrogens with zero attached hydrogens (tertiary/aromatic N) is 1. The molecule has 3 unspecified atom stereocenters. The number of hydrogen-bond donors (Lipinski definition) is 1. The van der Waals surface area contributed by atoms with Gasteiger partial charge in [-0.3, -0.25) is 0 Å². The van der Waals surface area contributed by atoms with Gasteiger partial charge in [-0.1, -0.05) is 32.0 Å². The molecule has 3 atom stereocenters. The van der Waals surface area contributed by atoms with Crippen LogP contribution in [0.3, 0.4) is 0 Å². The number of piperidine rings is 1. The van der Waals surface area contributed by atoms with Crippen molar-refractivity contribution in [1.82, 2.24) is 10.2 Å². The lowest BCUT2D eigenvalue weighted by Gasteiger charge is -2.23. The number of fused-ring (bicyclic) bond motifs is 1. The van der Waals surface area contributed by atoms with Crippen LogP contribution in [0.25, 0.3) is 0 Å². The summed E-state index contributed by atoms with van der Waals surface area (Å²) in [5.74, 6) is 1.03. The van der Waals surface area contributed by atoms with E-state index in [0.29, 0.717) is 23.3 Å². The molecule has 3 rings (SSSR count). The summed E-state index contributed by atoms with van der Waals surface area (Å²) < 4.78 is 32.2. The quantitative estimate of drug-likeness (QED) is 0.732. The minimum Gasteiger partial charge on any atom is -0.360 e. The van der Waals surface area contributed by atoms with E-state index in [2.05, 4.69) is 24.1 Å². The van der Waals surface area contributed by atoms with E-state index in [4.69, 9.17) is 4.74 Å². The van der Waals surface area contributed by atoms with Crippen LogP contribution in [0.2, 0.25) is 0 Å². The summed E-state index contributed by atoms with van der Waals surface area (Å²) >= 11 is 0. The summed E-state index contributed by atoms with van der Waals surface area (Å²) in [7, 11) is -3.46. The van der Waals surface area contributed by atoms with Crippen LogP contribution in [0.15, 0.2) is 35.2 Å². The monoisotopic (exact) mass is 352 g/mol. The second kappa shape index (κ2) is 7.52. The smallest absolute Gasteiger partial charge is 0.205 e. The highest BCUT2D eigenvalue weighted by Gasteiger charge is 2.60. The lowest BCUT2D eigenvalue weighted by Crippen LogP contribution is -2.35. The highest BCUT2D eigenvalue weighted by Crippen LogP contribution is 2.53. The molecule has 1 saturated carbocycles. The van der Waals surface area contributed by atoms with Gasteiger partial charge in [0.05, 0.1) is 11.5 Å². The van der Waals surface area contributed by atoms with Crippen LogP contribution in [-0.4, -0.2) is 58.1 Å². The van der Waals surface area contributed by atoms with Crippen molar-refractivity contribution in [1.29, 1.82) is 0 Å². The van der Waals surface area contributed by atoms with Gasteiger partial charge in [0, 0.05) is 12.5 Å². The summed E-state index contributed by atoms with van der Waals surface area (Å²) in [4.78, 5) is 2.62. The van der Waals surface area contributed by atoms with Crippen LogP contribution >= 0.6 is 0 Å². The first-order valence-electron chi connectivity index (χ1n) is 8.93. The molecule has 1 aliphatic heterocycles. The van der Waals surface area contributed by atoms with Gasteiger partial charge in [0.15, 0.2) is 5.44 Å². The SMILES string of the molecule is CCN(CC)CCOC(C1C2CNCC21)S(=O)(=O)c1ccccc1. The number of sulfone groups is 1. The lowest BCUT2D eigenvalue weighted by molar-refractivity contribution is 0.0657. The Morgan fingerprint density at radius 3 is 2.38 bits per heavy atom.